The van der Waals surface area contributed by atoms with E-state index in [4.69, 9.17) is 5.10 Å². The van der Waals surface area contributed by atoms with Crippen LogP contribution in [0.1, 0.15) is 58.8 Å². The van der Waals surface area contributed by atoms with Crippen molar-refractivity contribution in [3.8, 4) is 0 Å². The standard InChI is InChI=1S/C15H26N2O/c1-11-9-12(16-17(11)13(2,3)4)10-14(5,6)15(18)7-8-15/h9,18H,7-8,10H2,1-6H3. The number of aliphatic hydroxyl groups is 1. The summed E-state index contributed by atoms with van der Waals surface area (Å²) in [4.78, 5) is 0. The molecule has 1 fully saturated rings. The Kier molecular flexibility index (Phi) is 2.89. The van der Waals surface area contributed by atoms with Crippen LogP contribution in [0.3, 0.4) is 0 Å². The number of aromatic nitrogens is 2. The van der Waals surface area contributed by atoms with E-state index in [1.165, 1.54) is 5.69 Å². The van der Waals surface area contributed by atoms with Gasteiger partial charge in [-0.2, -0.15) is 5.10 Å². The maximum Gasteiger partial charge on any atom is 0.0704 e. The maximum absolute atomic E-state index is 10.3. The molecule has 1 N–H and O–H groups in total. The number of aryl methyl sites for hydroxylation is 1. The number of nitrogens with zero attached hydrogens (tertiary/aromatic N) is 2. The molecule has 0 saturated heterocycles. The minimum atomic E-state index is -0.466. The van der Waals surface area contributed by atoms with Crippen LogP contribution in [0.25, 0.3) is 0 Å². The van der Waals surface area contributed by atoms with Gasteiger partial charge in [0, 0.05) is 5.69 Å². The first-order chi connectivity index (χ1) is 8.05. The van der Waals surface area contributed by atoms with E-state index in [0.717, 1.165) is 25.0 Å². The van der Waals surface area contributed by atoms with Crippen molar-refractivity contribution < 1.29 is 5.11 Å². The highest BCUT2D eigenvalue weighted by atomic mass is 16.3. The lowest BCUT2D eigenvalue weighted by Crippen LogP contribution is -2.33. The Morgan fingerprint density at radius 1 is 1.28 bits per heavy atom. The monoisotopic (exact) mass is 250 g/mol. The minimum Gasteiger partial charge on any atom is -0.389 e. The third-order valence-electron chi connectivity index (χ3n) is 4.18. The first-order valence-electron chi connectivity index (χ1n) is 6.84. The van der Waals surface area contributed by atoms with E-state index in [0.29, 0.717) is 0 Å². The summed E-state index contributed by atoms with van der Waals surface area (Å²) in [6.45, 7) is 12.9. The summed E-state index contributed by atoms with van der Waals surface area (Å²) in [7, 11) is 0. The zero-order chi connectivity index (χ0) is 13.8. The molecule has 18 heavy (non-hydrogen) atoms. The van der Waals surface area contributed by atoms with Gasteiger partial charge in [-0.25, -0.2) is 0 Å². The molecule has 1 aromatic rings. The van der Waals surface area contributed by atoms with E-state index in [9.17, 15) is 5.11 Å². The van der Waals surface area contributed by atoms with Crippen molar-refractivity contribution in [1.82, 2.24) is 9.78 Å². The zero-order valence-corrected chi connectivity index (χ0v) is 12.5. The van der Waals surface area contributed by atoms with Gasteiger partial charge in [0.15, 0.2) is 0 Å². The maximum atomic E-state index is 10.3. The molecule has 102 valence electrons. The summed E-state index contributed by atoms with van der Waals surface area (Å²) in [5, 5.41) is 15.0. The predicted octanol–water partition coefficient (Wildman–Crippen LogP) is 3.04. The van der Waals surface area contributed by atoms with Crippen molar-refractivity contribution in [2.24, 2.45) is 5.41 Å². The van der Waals surface area contributed by atoms with Crippen LogP contribution < -0.4 is 0 Å². The predicted molar refractivity (Wildman–Crippen MR) is 73.6 cm³/mol. The number of rotatable bonds is 3. The van der Waals surface area contributed by atoms with Crippen molar-refractivity contribution >= 4 is 0 Å². The van der Waals surface area contributed by atoms with Crippen molar-refractivity contribution in [3.63, 3.8) is 0 Å². The molecule has 3 heteroatoms. The quantitative estimate of drug-likeness (QED) is 0.895. The van der Waals surface area contributed by atoms with Gasteiger partial charge in [0.1, 0.15) is 0 Å². The Labute approximate surface area is 110 Å². The Balaban J connectivity index is 2.21. The Morgan fingerprint density at radius 2 is 1.83 bits per heavy atom. The number of hydrogen-bond acceptors (Lipinski definition) is 2. The smallest absolute Gasteiger partial charge is 0.0704 e. The fourth-order valence-electron chi connectivity index (χ4n) is 2.72. The van der Waals surface area contributed by atoms with Gasteiger partial charge < -0.3 is 5.11 Å². The van der Waals surface area contributed by atoms with Crippen molar-refractivity contribution in [2.45, 2.75) is 71.9 Å². The second-order valence-corrected chi connectivity index (χ2v) is 7.45. The summed E-state index contributed by atoms with van der Waals surface area (Å²) in [6.07, 6.45) is 2.70. The summed E-state index contributed by atoms with van der Waals surface area (Å²) >= 11 is 0. The molecule has 0 atom stereocenters. The molecule has 1 aromatic heterocycles. The van der Waals surface area contributed by atoms with E-state index in [-0.39, 0.29) is 11.0 Å². The molecule has 0 amide bonds. The van der Waals surface area contributed by atoms with Gasteiger partial charge in [-0.3, -0.25) is 4.68 Å². The molecular formula is C15H26N2O. The Morgan fingerprint density at radius 3 is 2.22 bits per heavy atom. The summed E-state index contributed by atoms with van der Waals surface area (Å²) in [5.41, 5.74) is 1.75. The largest absolute Gasteiger partial charge is 0.389 e. The second kappa shape index (κ2) is 3.83. The molecule has 2 rings (SSSR count). The lowest BCUT2D eigenvalue weighted by molar-refractivity contribution is 0.0242. The molecule has 0 radical (unpaired) electrons. The van der Waals surface area contributed by atoms with E-state index in [1.54, 1.807) is 0 Å². The average molecular weight is 250 g/mol. The molecule has 0 aromatic carbocycles. The first kappa shape index (κ1) is 13.6. The van der Waals surface area contributed by atoms with Gasteiger partial charge in [0.2, 0.25) is 0 Å². The van der Waals surface area contributed by atoms with Gasteiger partial charge in [0.05, 0.1) is 16.8 Å². The lowest BCUT2D eigenvalue weighted by Gasteiger charge is -2.30. The van der Waals surface area contributed by atoms with Gasteiger partial charge in [-0.1, -0.05) is 13.8 Å². The summed E-state index contributed by atoms with van der Waals surface area (Å²) in [5.74, 6) is 0. The molecule has 1 heterocycles. The van der Waals surface area contributed by atoms with Gasteiger partial charge in [0.25, 0.3) is 0 Å². The van der Waals surface area contributed by atoms with E-state index >= 15 is 0 Å². The molecule has 0 unspecified atom stereocenters. The highest BCUT2D eigenvalue weighted by Crippen LogP contribution is 2.51. The van der Waals surface area contributed by atoms with Crippen molar-refractivity contribution in [2.75, 3.05) is 0 Å². The van der Waals surface area contributed by atoms with Crippen LogP contribution in [-0.4, -0.2) is 20.5 Å². The fraction of sp³-hybridized carbons (Fsp3) is 0.800. The topological polar surface area (TPSA) is 38.1 Å². The summed E-state index contributed by atoms with van der Waals surface area (Å²) in [6, 6.07) is 2.15. The lowest BCUT2D eigenvalue weighted by atomic mass is 9.80. The molecule has 1 aliphatic rings. The third kappa shape index (κ3) is 2.33. The van der Waals surface area contributed by atoms with Crippen molar-refractivity contribution in [3.05, 3.63) is 17.5 Å². The van der Waals surface area contributed by atoms with Crippen LogP contribution in [0, 0.1) is 12.3 Å². The van der Waals surface area contributed by atoms with E-state index in [2.05, 4.69) is 52.3 Å². The van der Waals surface area contributed by atoms with Crippen LogP contribution in [0.5, 0.6) is 0 Å². The SMILES string of the molecule is Cc1cc(CC(C)(C)C2(O)CC2)nn1C(C)(C)C. The van der Waals surface area contributed by atoms with Crippen LogP contribution in [0.2, 0.25) is 0 Å². The molecular weight excluding hydrogens is 224 g/mol. The molecule has 0 bridgehead atoms. The van der Waals surface area contributed by atoms with Crippen LogP contribution in [-0.2, 0) is 12.0 Å². The highest BCUT2D eigenvalue weighted by Gasteiger charge is 2.53. The van der Waals surface area contributed by atoms with Crippen LogP contribution >= 0.6 is 0 Å². The van der Waals surface area contributed by atoms with E-state index < -0.39 is 5.60 Å². The zero-order valence-electron chi connectivity index (χ0n) is 12.5. The summed E-state index contributed by atoms with van der Waals surface area (Å²) < 4.78 is 2.08. The fourth-order valence-corrected chi connectivity index (χ4v) is 2.72. The normalized spacial score (nSPS) is 19.1. The Hall–Kier alpha value is -0.830. The van der Waals surface area contributed by atoms with Crippen molar-refractivity contribution in [1.29, 1.82) is 0 Å². The average Bonchev–Trinajstić information content (AvgIpc) is 2.82. The van der Waals surface area contributed by atoms with Gasteiger partial charge >= 0.3 is 0 Å². The van der Waals surface area contributed by atoms with Crippen LogP contribution in [0.15, 0.2) is 6.07 Å². The second-order valence-electron chi connectivity index (χ2n) is 7.45. The molecule has 3 nitrogen and oxygen atoms in total. The molecule has 1 saturated carbocycles. The molecule has 1 aliphatic carbocycles. The van der Waals surface area contributed by atoms with Gasteiger partial charge in [-0.05, 0) is 58.4 Å². The Bertz CT molecular complexity index is 448. The highest BCUT2D eigenvalue weighted by molar-refractivity contribution is 5.16. The van der Waals surface area contributed by atoms with Gasteiger partial charge in [-0.15, -0.1) is 0 Å². The van der Waals surface area contributed by atoms with E-state index in [1.807, 2.05) is 0 Å². The first-order valence-corrected chi connectivity index (χ1v) is 6.84. The number of hydrogen-bond donors (Lipinski definition) is 1. The third-order valence-corrected chi connectivity index (χ3v) is 4.18. The molecule has 0 aliphatic heterocycles. The van der Waals surface area contributed by atoms with Crippen LogP contribution in [0.4, 0.5) is 0 Å². The molecule has 0 spiro atoms. The minimum absolute atomic E-state index is 0.0168.